The zero-order chi connectivity index (χ0) is 16.8. The SMILES string of the molecule is Cc1cc2c(c(=O)[nH]1)[C@@H](c1ccc3c(c1)OCO3)C(C#N)=C(N)O2. The van der Waals surface area contributed by atoms with Crippen molar-refractivity contribution in [3.63, 3.8) is 0 Å². The number of allylic oxidation sites excluding steroid dienone is 1. The monoisotopic (exact) mass is 323 g/mol. The first-order chi connectivity index (χ1) is 11.6. The van der Waals surface area contributed by atoms with Crippen LogP contribution in [0, 0.1) is 18.3 Å². The number of fused-ring (bicyclic) bond motifs is 2. The number of nitrogens with two attached hydrogens (primary N) is 1. The Kier molecular flexibility index (Phi) is 3.00. The molecule has 3 N–H and O–H groups in total. The van der Waals surface area contributed by atoms with Gasteiger partial charge in [0.1, 0.15) is 17.4 Å². The standard InChI is InChI=1S/C17H13N3O4/c1-8-4-13-15(17(21)20-8)14(10(6-18)16(19)24-13)9-2-3-11-12(5-9)23-7-22-11/h2-5,14H,7,19H2,1H3,(H,20,21)/t14-/m0/s1. The van der Waals surface area contributed by atoms with Crippen LogP contribution in [-0.2, 0) is 0 Å². The van der Waals surface area contributed by atoms with Crippen LogP contribution in [0.2, 0.25) is 0 Å². The van der Waals surface area contributed by atoms with Crippen LogP contribution < -0.4 is 25.5 Å². The van der Waals surface area contributed by atoms with Gasteiger partial charge in [-0.2, -0.15) is 5.26 Å². The Balaban J connectivity index is 1.96. The summed E-state index contributed by atoms with van der Waals surface area (Å²) in [6, 6.07) is 9.04. The van der Waals surface area contributed by atoms with Crippen LogP contribution in [0.1, 0.15) is 22.7 Å². The highest BCUT2D eigenvalue weighted by molar-refractivity contribution is 5.57. The first-order valence-corrected chi connectivity index (χ1v) is 7.29. The number of aromatic nitrogens is 1. The Bertz CT molecular complexity index is 984. The van der Waals surface area contributed by atoms with E-state index in [4.69, 9.17) is 19.9 Å². The summed E-state index contributed by atoms with van der Waals surface area (Å²) in [7, 11) is 0. The predicted molar refractivity (Wildman–Crippen MR) is 83.7 cm³/mol. The maximum Gasteiger partial charge on any atom is 0.256 e. The first-order valence-electron chi connectivity index (χ1n) is 7.29. The average molecular weight is 323 g/mol. The minimum absolute atomic E-state index is 0.00216. The number of hydrogen-bond donors (Lipinski definition) is 2. The second-order valence-corrected chi connectivity index (χ2v) is 5.60. The van der Waals surface area contributed by atoms with Gasteiger partial charge in [0.25, 0.3) is 5.56 Å². The molecule has 0 aliphatic carbocycles. The van der Waals surface area contributed by atoms with Gasteiger partial charge in [0.2, 0.25) is 12.7 Å². The Labute approximate surface area is 136 Å². The summed E-state index contributed by atoms with van der Waals surface area (Å²) < 4.78 is 16.2. The molecular weight excluding hydrogens is 310 g/mol. The third kappa shape index (κ3) is 2.01. The Hall–Kier alpha value is -3.40. The molecule has 2 aliphatic heterocycles. The minimum atomic E-state index is -0.627. The number of aromatic amines is 1. The van der Waals surface area contributed by atoms with E-state index in [9.17, 15) is 10.1 Å². The van der Waals surface area contributed by atoms with E-state index >= 15 is 0 Å². The molecule has 2 aliphatic rings. The summed E-state index contributed by atoms with van der Waals surface area (Å²) in [6.07, 6.45) is 0. The van der Waals surface area contributed by atoms with Crippen molar-refractivity contribution in [1.82, 2.24) is 4.98 Å². The van der Waals surface area contributed by atoms with Crippen LogP contribution in [0.15, 0.2) is 40.5 Å². The van der Waals surface area contributed by atoms with E-state index in [0.717, 1.165) is 0 Å². The van der Waals surface area contributed by atoms with Gasteiger partial charge in [-0.1, -0.05) is 6.07 Å². The Morgan fingerprint density at radius 3 is 2.83 bits per heavy atom. The molecule has 0 fully saturated rings. The van der Waals surface area contributed by atoms with Crippen LogP contribution in [0.25, 0.3) is 0 Å². The summed E-state index contributed by atoms with van der Waals surface area (Å²) in [5.41, 5.74) is 7.50. The molecule has 0 radical (unpaired) electrons. The number of nitrogens with one attached hydrogen (secondary N) is 1. The van der Waals surface area contributed by atoms with Gasteiger partial charge in [0.15, 0.2) is 11.5 Å². The van der Waals surface area contributed by atoms with Crippen molar-refractivity contribution in [3.05, 3.63) is 62.9 Å². The van der Waals surface area contributed by atoms with Gasteiger partial charge >= 0.3 is 0 Å². The van der Waals surface area contributed by atoms with Gasteiger partial charge < -0.3 is 24.9 Å². The van der Waals surface area contributed by atoms with Gasteiger partial charge in [-0.3, -0.25) is 4.79 Å². The summed E-state index contributed by atoms with van der Waals surface area (Å²) in [6.45, 7) is 1.90. The minimum Gasteiger partial charge on any atom is -0.454 e. The van der Waals surface area contributed by atoms with E-state index in [2.05, 4.69) is 11.1 Å². The van der Waals surface area contributed by atoms with Crippen molar-refractivity contribution >= 4 is 0 Å². The van der Waals surface area contributed by atoms with Crippen molar-refractivity contribution in [2.45, 2.75) is 12.8 Å². The zero-order valence-electron chi connectivity index (χ0n) is 12.8. The highest BCUT2D eigenvalue weighted by atomic mass is 16.7. The number of nitrogens with zero attached hydrogens (tertiary/aromatic N) is 1. The molecule has 1 atom stereocenters. The van der Waals surface area contributed by atoms with Gasteiger partial charge in [-0.25, -0.2) is 0 Å². The zero-order valence-corrected chi connectivity index (χ0v) is 12.8. The fourth-order valence-electron chi connectivity index (χ4n) is 3.03. The van der Waals surface area contributed by atoms with Gasteiger partial charge in [0.05, 0.1) is 11.5 Å². The van der Waals surface area contributed by atoms with Crippen molar-refractivity contribution in [1.29, 1.82) is 5.26 Å². The van der Waals surface area contributed by atoms with E-state index in [1.54, 1.807) is 31.2 Å². The lowest BCUT2D eigenvalue weighted by Crippen LogP contribution is -2.28. The molecule has 0 saturated heterocycles. The largest absolute Gasteiger partial charge is 0.454 e. The quantitative estimate of drug-likeness (QED) is 0.825. The fourth-order valence-corrected chi connectivity index (χ4v) is 3.03. The van der Waals surface area contributed by atoms with Crippen LogP contribution in [0.5, 0.6) is 17.2 Å². The fraction of sp³-hybridized carbons (Fsp3) is 0.176. The van der Waals surface area contributed by atoms with Crippen molar-refractivity contribution < 1.29 is 14.2 Å². The summed E-state index contributed by atoms with van der Waals surface area (Å²) in [4.78, 5) is 15.3. The maximum atomic E-state index is 12.5. The molecule has 3 heterocycles. The van der Waals surface area contributed by atoms with Crippen LogP contribution in [0.3, 0.4) is 0 Å². The lowest BCUT2D eigenvalue weighted by atomic mass is 9.84. The summed E-state index contributed by atoms with van der Waals surface area (Å²) in [5.74, 6) is 0.921. The van der Waals surface area contributed by atoms with Gasteiger partial charge in [-0.05, 0) is 24.6 Å². The Morgan fingerprint density at radius 1 is 1.25 bits per heavy atom. The molecular formula is C17H13N3O4. The van der Waals surface area contributed by atoms with Crippen molar-refractivity contribution in [2.75, 3.05) is 6.79 Å². The second kappa shape index (κ2) is 5.06. The van der Waals surface area contributed by atoms with Crippen LogP contribution in [0.4, 0.5) is 0 Å². The molecule has 2 aromatic rings. The van der Waals surface area contributed by atoms with Crippen molar-refractivity contribution in [3.8, 4) is 23.3 Å². The van der Waals surface area contributed by atoms with Crippen molar-refractivity contribution in [2.24, 2.45) is 5.73 Å². The lowest BCUT2D eigenvalue weighted by molar-refractivity contribution is 0.174. The van der Waals surface area contributed by atoms with E-state index in [1.807, 2.05) is 0 Å². The number of hydrogen-bond acceptors (Lipinski definition) is 6. The third-order valence-electron chi connectivity index (χ3n) is 4.08. The first kappa shape index (κ1) is 14.2. The van der Waals surface area contributed by atoms with Crippen LogP contribution in [-0.4, -0.2) is 11.8 Å². The Morgan fingerprint density at radius 2 is 2.04 bits per heavy atom. The summed E-state index contributed by atoms with van der Waals surface area (Å²) >= 11 is 0. The molecule has 120 valence electrons. The highest BCUT2D eigenvalue weighted by Gasteiger charge is 2.34. The molecule has 1 aromatic heterocycles. The third-order valence-corrected chi connectivity index (χ3v) is 4.08. The normalized spacial score (nSPS) is 17.9. The number of aryl methyl sites for hydroxylation is 1. The van der Waals surface area contributed by atoms with E-state index < -0.39 is 5.92 Å². The molecule has 24 heavy (non-hydrogen) atoms. The molecule has 7 heteroatoms. The molecule has 0 bridgehead atoms. The molecule has 1 aromatic carbocycles. The average Bonchev–Trinajstić information content (AvgIpc) is 3.00. The van der Waals surface area contributed by atoms with Gasteiger partial charge in [-0.15, -0.1) is 0 Å². The molecule has 0 saturated carbocycles. The van der Waals surface area contributed by atoms with E-state index in [-0.39, 0.29) is 23.8 Å². The summed E-state index contributed by atoms with van der Waals surface area (Å²) in [5, 5.41) is 9.52. The molecule has 0 amide bonds. The van der Waals surface area contributed by atoms with E-state index in [1.165, 1.54) is 0 Å². The molecule has 4 rings (SSSR count). The predicted octanol–water partition coefficient (Wildman–Crippen LogP) is 1.63. The number of benzene rings is 1. The molecule has 0 spiro atoms. The number of rotatable bonds is 1. The highest BCUT2D eigenvalue weighted by Crippen LogP contribution is 2.43. The second-order valence-electron chi connectivity index (χ2n) is 5.60. The maximum absolute atomic E-state index is 12.5. The van der Waals surface area contributed by atoms with Crippen LogP contribution >= 0.6 is 0 Å². The topological polar surface area (TPSA) is 110 Å². The molecule has 7 nitrogen and oxygen atoms in total. The number of pyridine rings is 1. The lowest BCUT2D eigenvalue weighted by Gasteiger charge is -2.25. The van der Waals surface area contributed by atoms with Gasteiger partial charge in [0, 0.05) is 11.8 Å². The van der Waals surface area contributed by atoms with E-state index in [0.29, 0.717) is 34.1 Å². The number of ether oxygens (including phenoxy) is 3. The number of nitriles is 1. The molecule has 0 unspecified atom stereocenters. The number of H-pyrrole nitrogens is 1. The smallest absolute Gasteiger partial charge is 0.256 e.